The molecule has 2 aromatic carbocycles. The van der Waals surface area contributed by atoms with Crippen LogP contribution in [0.2, 0.25) is 0 Å². The van der Waals surface area contributed by atoms with Crippen molar-refractivity contribution in [1.82, 2.24) is 4.98 Å². The summed E-state index contributed by atoms with van der Waals surface area (Å²) in [5.74, 6) is 0. The third-order valence-electron chi connectivity index (χ3n) is 3.57. The maximum absolute atomic E-state index is 10.9. The Hall–Kier alpha value is -2.03. The van der Waals surface area contributed by atoms with E-state index in [-0.39, 0.29) is 18.3 Å². The highest BCUT2D eigenvalue weighted by atomic mass is 79.9. The lowest BCUT2D eigenvalue weighted by Crippen LogP contribution is -2.12. The second kappa shape index (κ2) is 7.25. The van der Waals surface area contributed by atoms with E-state index < -0.39 is 4.92 Å². The van der Waals surface area contributed by atoms with E-state index in [0.717, 1.165) is 14.7 Å². The smallest absolute Gasteiger partial charge is 0.270 e. The highest BCUT2D eigenvalue weighted by Gasteiger charge is 2.15. The Bertz CT molecular complexity index is 867. The maximum atomic E-state index is 10.9. The van der Waals surface area contributed by atoms with Crippen LogP contribution in [0, 0.1) is 10.1 Å². The van der Waals surface area contributed by atoms with Gasteiger partial charge in [-0.1, -0.05) is 39.4 Å². The molecule has 0 amide bonds. The van der Waals surface area contributed by atoms with Gasteiger partial charge in [0.15, 0.2) is 5.13 Å². The molecule has 1 unspecified atom stereocenters. The zero-order chi connectivity index (χ0) is 17.1. The molecule has 3 aromatic rings. The van der Waals surface area contributed by atoms with Gasteiger partial charge in [0, 0.05) is 23.2 Å². The first kappa shape index (κ1) is 16.8. The van der Waals surface area contributed by atoms with E-state index in [9.17, 15) is 15.2 Å². The van der Waals surface area contributed by atoms with E-state index in [4.69, 9.17) is 0 Å². The van der Waals surface area contributed by atoms with Gasteiger partial charge in [-0.25, -0.2) is 4.98 Å². The van der Waals surface area contributed by atoms with E-state index in [2.05, 4.69) is 26.2 Å². The number of thiazole rings is 1. The molecule has 8 heteroatoms. The van der Waals surface area contributed by atoms with Gasteiger partial charge in [-0.15, -0.1) is 0 Å². The molecular weight excluding hydrogens is 394 g/mol. The molecule has 0 aliphatic rings. The number of nitro groups is 1. The minimum Gasteiger partial charge on any atom is -0.396 e. The maximum Gasteiger partial charge on any atom is 0.270 e. The number of anilines is 1. The number of fused-ring (bicyclic) bond motifs is 1. The molecule has 0 fully saturated rings. The van der Waals surface area contributed by atoms with Crippen LogP contribution in [0.15, 0.2) is 46.9 Å². The Morgan fingerprint density at radius 3 is 2.71 bits per heavy atom. The van der Waals surface area contributed by atoms with Crippen molar-refractivity contribution in [3.8, 4) is 0 Å². The van der Waals surface area contributed by atoms with Crippen LogP contribution in [0.1, 0.15) is 18.0 Å². The van der Waals surface area contributed by atoms with E-state index in [1.54, 1.807) is 6.07 Å². The summed E-state index contributed by atoms with van der Waals surface area (Å²) in [4.78, 5) is 14.9. The third kappa shape index (κ3) is 3.72. The molecular formula is C16H14BrN3O3S. The predicted molar refractivity (Wildman–Crippen MR) is 98.5 cm³/mol. The number of nitrogens with zero attached hydrogens (tertiary/aromatic N) is 2. The predicted octanol–water partition coefficient (Wildman–Crippen LogP) is 4.50. The minimum absolute atomic E-state index is 0.0457. The van der Waals surface area contributed by atoms with Gasteiger partial charge in [0.25, 0.3) is 5.69 Å². The number of aromatic nitrogens is 1. The topological polar surface area (TPSA) is 88.3 Å². The van der Waals surface area contributed by atoms with Gasteiger partial charge in [0.2, 0.25) is 0 Å². The SMILES string of the molecule is O=[N+]([O-])c1ccc2nc(NC(CCO)c3ccc(Br)cc3)sc2c1. The molecule has 124 valence electrons. The Morgan fingerprint density at radius 2 is 2.04 bits per heavy atom. The fourth-order valence-electron chi connectivity index (χ4n) is 2.38. The van der Waals surface area contributed by atoms with Crippen LogP contribution in [-0.2, 0) is 0 Å². The number of nitrogens with one attached hydrogen (secondary N) is 1. The summed E-state index contributed by atoms with van der Waals surface area (Å²) in [5.41, 5.74) is 1.81. The molecule has 0 radical (unpaired) electrons. The molecule has 0 aliphatic heterocycles. The number of non-ortho nitro benzene ring substituents is 1. The van der Waals surface area contributed by atoms with Crippen LogP contribution in [-0.4, -0.2) is 21.6 Å². The molecule has 2 N–H and O–H groups in total. The minimum atomic E-state index is -0.414. The molecule has 0 saturated carbocycles. The second-order valence-corrected chi connectivity index (χ2v) is 7.14. The van der Waals surface area contributed by atoms with Crippen LogP contribution in [0.5, 0.6) is 0 Å². The van der Waals surface area contributed by atoms with Crippen LogP contribution >= 0.6 is 27.3 Å². The molecule has 1 aromatic heterocycles. The standard InChI is InChI=1S/C16H14BrN3O3S/c17-11-3-1-10(2-4-11)13(7-8-21)18-16-19-14-6-5-12(20(22)23)9-15(14)24-16/h1-6,9,13,21H,7-8H2,(H,18,19). The number of hydrogen-bond acceptors (Lipinski definition) is 6. The van der Waals surface area contributed by atoms with Crippen molar-refractivity contribution >= 4 is 48.3 Å². The molecule has 0 bridgehead atoms. The van der Waals surface area contributed by atoms with Gasteiger partial charge in [0.05, 0.1) is 21.2 Å². The fourth-order valence-corrected chi connectivity index (χ4v) is 3.60. The first-order valence-corrected chi connectivity index (χ1v) is 8.85. The van der Waals surface area contributed by atoms with Gasteiger partial charge in [-0.05, 0) is 30.2 Å². The Balaban J connectivity index is 1.87. The highest BCUT2D eigenvalue weighted by Crippen LogP contribution is 2.32. The molecule has 3 rings (SSSR count). The van der Waals surface area contributed by atoms with Crippen molar-refractivity contribution in [2.24, 2.45) is 0 Å². The number of hydrogen-bond donors (Lipinski definition) is 2. The first-order valence-electron chi connectivity index (χ1n) is 7.24. The molecule has 6 nitrogen and oxygen atoms in total. The molecule has 0 spiro atoms. The van der Waals surface area contributed by atoms with E-state index in [1.807, 2.05) is 24.3 Å². The molecule has 0 aliphatic carbocycles. The number of nitro benzene ring substituents is 1. The average molecular weight is 408 g/mol. The summed E-state index contributed by atoms with van der Waals surface area (Å²) in [7, 11) is 0. The summed E-state index contributed by atoms with van der Waals surface area (Å²) in [6.07, 6.45) is 0.539. The summed E-state index contributed by atoms with van der Waals surface area (Å²) in [6, 6.07) is 12.4. The lowest BCUT2D eigenvalue weighted by Gasteiger charge is -2.17. The van der Waals surface area contributed by atoms with E-state index in [0.29, 0.717) is 17.1 Å². The van der Waals surface area contributed by atoms with Crippen molar-refractivity contribution in [3.63, 3.8) is 0 Å². The van der Waals surface area contributed by atoms with Gasteiger partial charge in [-0.2, -0.15) is 0 Å². The fraction of sp³-hybridized carbons (Fsp3) is 0.188. The largest absolute Gasteiger partial charge is 0.396 e. The van der Waals surface area contributed by atoms with Crippen molar-refractivity contribution in [1.29, 1.82) is 0 Å². The normalized spacial score (nSPS) is 12.2. The highest BCUT2D eigenvalue weighted by molar-refractivity contribution is 9.10. The van der Waals surface area contributed by atoms with Crippen LogP contribution in [0.4, 0.5) is 10.8 Å². The average Bonchev–Trinajstić information content (AvgIpc) is 2.96. The summed E-state index contributed by atoms with van der Waals surface area (Å²) >= 11 is 4.77. The summed E-state index contributed by atoms with van der Waals surface area (Å²) < 4.78 is 1.74. The Morgan fingerprint density at radius 1 is 1.29 bits per heavy atom. The van der Waals surface area contributed by atoms with Gasteiger partial charge in [-0.3, -0.25) is 10.1 Å². The number of aliphatic hydroxyl groups excluding tert-OH is 1. The number of benzene rings is 2. The first-order chi connectivity index (χ1) is 11.6. The number of halogens is 1. The third-order valence-corrected chi connectivity index (χ3v) is 5.05. The van der Waals surface area contributed by atoms with Crippen molar-refractivity contribution in [2.45, 2.75) is 12.5 Å². The molecule has 24 heavy (non-hydrogen) atoms. The molecule has 1 heterocycles. The summed E-state index contributed by atoms with van der Waals surface area (Å²) in [6.45, 7) is 0.0457. The van der Waals surface area contributed by atoms with Crippen LogP contribution in [0.25, 0.3) is 10.2 Å². The van der Waals surface area contributed by atoms with E-state index >= 15 is 0 Å². The van der Waals surface area contributed by atoms with Gasteiger partial charge < -0.3 is 10.4 Å². The van der Waals surface area contributed by atoms with Crippen molar-refractivity contribution in [2.75, 3.05) is 11.9 Å². The van der Waals surface area contributed by atoms with Gasteiger partial charge >= 0.3 is 0 Å². The Kier molecular flexibility index (Phi) is 5.08. The number of aliphatic hydroxyl groups is 1. The monoisotopic (exact) mass is 407 g/mol. The molecule has 0 saturated heterocycles. The lowest BCUT2D eigenvalue weighted by atomic mass is 10.0. The summed E-state index contributed by atoms with van der Waals surface area (Å²) in [5, 5.41) is 24.2. The van der Waals surface area contributed by atoms with Crippen LogP contribution in [0.3, 0.4) is 0 Å². The van der Waals surface area contributed by atoms with Crippen LogP contribution < -0.4 is 5.32 Å². The quantitative estimate of drug-likeness (QED) is 0.463. The zero-order valence-corrected chi connectivity index (χ0v) is 14.9. The number of rotatable bonds is 6. The second-order valence-electron chi connectivity index (χ2n) is 5.19. The van der Waals surface area contributed by atoms with Crippen molar-refractivity contribution < 1.29 is 10.0 Å². The lowest BCUT2D eigenvalue weighted by molar-refractivity contribution is -0.384. The van der Waals surface area contributed by atoms with Gasteiger partial charge in [0.1, 0.15) is 0 Å². The van der Waals surface area contributed by atoms with Crippen molar-refractivity contribution in [3.05, 3.63) is 62.6 Å². The zero-order valence-electron chi connectivity index (χ0n) is 12.5. The Labute approximate surface area is 150 Å². The molecule has 1 atom stereocenters. The van der Waals surface area contributed by atoms with E-state index in [1.165, 1.54) is 23.5 Å².